The van der Waals surface area contributed by atoms with Gasteiger partial charge in [0.15, 0.2) is 0 Å². The van der Waals surface area contributed by atoms with Gasteiger partial charge in [-0.25, -0.2) is 4.39 Å². The highest BCUT2D eigenvalue weighted by atomic mass is 32.1. The van der Waals surface area contributed by atoms with Gasteiger partial charge in [-0.15, -0.1) is 0 Å². The summed E-state index contributed by atoms with van der Waals surface area (Å²) in [6.45, 7) is 0.851. The molecule has 1 fully saturated rings. The maximum Gasteiger partial charge on any atom is 0.146 e. The Balaban J connectivity index is 1.94. The second kappa shape index (κ2) is 6.14. The number of hydrogen-bond donors (Lipinski definition) is 2. The van der Waals surface area contributed by atoms with Gasteiger partial charge in [-0.1, -0.05) is 31.5 Å². The van der Waals surface area contributed by atoms with E-state index in [1.54, 1.807) is 12.1 Å². The zero-order valence-electron chi connectivity index (χ0n) is 10.4. The number of benzene rings is 1. The average molecular weight is 266 g/mol. The molecule has 0 amide bonds. The molecule has 2 nitrogen and oxygen atoms in total. The number of nitrogens with one attached hydrogen (secondary N) is 1. The Morgan fingerprint density at radius 2 is 2.06 bits per heavy atom. The molecule has 0 spiro atoms. The third-order valence-corrected chi connectivity index (χ3v) is 3.80. The average Bonchev–Trinajstić information content (AvgIpc) is 2.38. The van der Waals surface area contributed by atoms with Crippen LogP contribution in [0.1, 0.15) is 37.7 Å². The summed E-state index contributed by atoms with van der Waals surface area (Å²) < 4.78 is 13.8. The van der Waals surface area contributed by atoms with Crippen LogP contribution < -0.4 is 11.1 Å². The molecule has 1 aromatic rings. The number of anilines is 1. The summed E-state index contributed by atoms with van der Waals surface area (Å²) in [6, 6.07) is 4.87. The van der Waals surface area contributed by atoms with E-state index in [-0.39, 0.29) is 10.8 Å². The lowest BCUT2D eigenvalue weighted by atomic mass is 9.89. The molecule has 0 bridgehead atoms. The van der Waals surface area contributed by atoms with E-state index in [4.69, 9.17) is 18.0 Å². The highest BCUT2D eigenvalue weighted by Gasteiger charge is 2.13. The first-order chi connectivity index (χ1) is 8.66. The molecule has 4 heteroatoms. The Bertz CT molecular complexity index is 428. The minimum atomic E-state index is -0.281. The number of halogens is 1. The number of thiocarbonyl (C=S) groups is 1. The van der Waals surface area contributed by atoms with Gasteiger partial charge in [-0.05, 0) is 37.0 Å². The van der Waals surface area contributed by atoms with Gasteiger partial charge < -0.3 is 11.1 Å². The van der Waals surface area contributed by atoms with Gasteiger partial charge in [-0.3, -0.25) is 0 Å². The smallest absolute Gasteiger partial charge is 0.146 e. The fraction of sp³-hybridized carbons (Fsp3) is 0.500. The van der Waals surface area contributed by atoms with Gasteiger partial charge in [0.1, 0.15) is 10.8 Å². The maximum absolute atomic E-state index is 13.8. The van der Waals surface area contributed by atoms with E-state index in [1.165, 1.54) is 38.2 Å². The predicted molar refractivity (Wildman–Crippen MR) is 77.4 cm³/mol. The van der Waals surface area contributed by atoms with Crippen LogP contribution in [-0.4, -0.2) is 11.5 Å². The summed E-state index contributed by atoms with van der Waals surface area (Å²) in [7, 11) is 0. The van der Waals surface area contributed by atoms with Gasteiger partial charge in [-0.2, -0.15) is 0 Å². The molecule has 18 heavy (non-hydrogen) atoms. The molecule has 2 rings (SSSR count). The van der Waals surface area contributed by atoms with Crippen LogP contribution in [0.3, 0.4) is 0 Å². The SMILES string of the molecule is NC(=S)c1ccc(NCC2CCCCC2)c(F)c1. The number of nitrogens with two attached hydrogens (primary N) is 1. The van der Waals surface area contributed by atoms with Crippen molar-refractivity contribution in [2.24, 2.45) is 11.7 Å². The fourth-order valence-corrected chi connectivity index (χ4v) is 2.58. The molecule has 1 aromatic carbocycles. The van der Waals surface area contributed by atoms with E-state index >= 15 is 0 Å². The summed E-state index contributed by atoms with van der Waals surface area (Å²) in [6.07, 6.45) is 6.44. The highest BCUT2D eigenvalue weighted by molar-refractivity contribution is 7.80. The van der Waals surface area contributed by atoms with Crippen LogP contribution in [0.4, 0.5) is 10.1 Å². The normalized spacial score (nSPS) is 16.5. The van der Waals surface area contributed by atoms with E-state index in [0.29, 0.717) is 17.2 Å². The quantitative estimate of drug-likeness (QED) is 0.820. The van der Waals surface area contributed by atoms with Crippen LogP contribution >= 0.6 is 12.2 Å². The first-order valence-corrected chi connectivity index (χ1v) is 6.91. The molecule has 3 N–H and O–H groups in total. The summed E-state index contributed by atoms with van der Waals surface area (Å²) >= 11 is 4.82. The van der Waals surface area contributed by atoms with E-state index < -0.39 is 0 Å². The maximum atomic E-state index is 13.8. The lowest BCUT2D eigenvalue weighted by molar-refractivity contribution is 0.373. The van der Waals surface area contributed by atoms with Gasteiger partial charge in [0.2, 0.25) is 0 Å². The molecule has 0 aliphatic heterocycles. The molecule has 98 valence electrons. The minimum absolute atomic E-state index is 0.229. The van der Waals surface area contributed by atoms with Crippen LogP contribution in [0.25, 0.3) is 0 Å². The third kappa shape index (κ3) is 3.42. The van der Waals surface area contributed by atoms with Gasteiger partial charge in [0.05, 0.1) is 5.69 Å². The highest BCUT2D eigenvalue weighted by Crippen LogP contribution is 2.24. The Kier molecular flexibility index (Phi) is 4.53. The summed E-state index contributed by atoms with van der Waals surface area (Å²) in [5, 5.41) is 3.19. The van der Waals surface area contributed by atoms with E-state index in [1.807, 2.05) is 0 Å². The molecule has 1 aliphatic carbocycles. The third-order valence-electron chi connectivity index (χ3n) is 3.56. The van der Waals surface area contributed by atoms with Crippen molar-refractivity contribution < 1.29 is 4.39 Å². The molecule has 0 saturated heterocycles. The molecule has 1 aliphatic rings. The molecular formula is C14H19FN2S. The second-order valence-corrected chi connectivity index (χ2v) is 5.38. The van der Waals surface area contributed by atoms with Gasteiger partial charge >= 0.3 is 0 Å². The Hall–Kier alpha value is -1.16. The Morgan fingerprint density at radius 1 is 1.33 bits per heavy atom. The molecule has 0 heterocycles. The van der Waals surface area contributed by atoms with Crippen LogP contribution in [0.5, 0.6) is 0 Å². The van der Waals surface area contributed by atoms with E-state index in [2.05, 4.69) is 5.32 Å². The van der Waals surface area contributed by atoms with E-state index in [0.717, 1.165) is 6.54 Å². The zero-order valence-corrected chi connectivity index (χ0v) is 11.2. The second-order valence-electron chi connectivity index (χ2n) is 4.94. The number of hydrogen-bond acceptors (Lipinski definition) is 2. The molecule has 0 unspecified atom stereocenters. The monoisotopic (exact) mass is 266 g/mol. The van der Waals surface area contributed by atoms with Crippen LogP contribution in [0.2, 0.25) is 0 Å². The molecule has 1 saturated carbocycles. The van der Waals surface area contributed by atoms with Crippen molar-refractivity contribution in [3.05, 3.63) is 29.6 Å². The largest absolute Gasteiger partial charge is 0.389 e. The standard InChI is InChI=1S/C14H19FN2S/c15-12-8-11(14(16)18)6-7-13(12)17-9-10-4-2-1-3-5-10/h6-8,10,17H,1-5,9H2,(H2,16,18). The van der Waals surface area contributed by atoms with Crippen molar-refractivity contribution in [3.8, 4) is 0 Å². The van der Waals surface area contributed by atoms with Crippen molar-refractivity contribution in [3.63, 3.8) is 0 Å². The molecule has 0 radical (unpaired) electrons. The van der Waals surface area contributed by atoms with Crippen molar-refractivity contribution >= 4 is 22.9 Å². The van der Waals surface area contributed by atoms with Crippen molar-refractivity contribution in [1.82, 2.24) is 0 Å². The topological polar surface area (TPSA) is 38.0 Å². The minimum Gasteiger partial charge on any atom is -0.389 e. The summed E-state index contributed by atoms with van der Waals surface area (Å²) in [4.78, 5) is 0.229. The lowest BCUT2D eigenvalue weighted by Gasteiger charge is -2.22. The lowest BCUT2D eigenvalue weighted by Crippen LogP contribution is -2.18. The Labute approximate surface area is 113 Å². The van der Waals surface area contributed by atoms with Crippen LogP contribution in [0.15, 0.2) is 18.2 Å². The summed E-state index contributed by atoms with van der Waals surface area (Å²) in [5.74, 6) is 0.393. The van der Waals surface area contributed by atoms with Crippen LogP contribution in [-0.2, 0) is 0 Å². The van der Waals surface area contributed by atoms with Crippen molar-refractivity contribution in [1.29, 1.82) is 0 Å². The molecular weight excluding hydrogens is 247 g/mol. The van der Waals surface area contributed by atoms with Crippen molar-refractivity contribution in [2.75, 3.05) is 11.9 Å². The first-order valence-electron chi connectivity index (χ1n) is 6.50. The molecule has 0 aromatic heterocycles. The van der Waals surface area contributed by atoms with Crippen molar-refractivity contribution in [2.45, 2.75) is 32.1 Å². The summed E-state index contributed by atoms with van der Waals surface area (Å²) in [5.41, 5.74) is 6.58. The number of rotatable bonds is 4. The fourth-order valence-electron chi connectivity index (χ4n) is 2.46. The molecule has 0 atom stereocenters. The Morgan fingerprint density at radius 3 is 2.67 bits per heavy atom. The first kappa shape index (κ1) is 13.3. The zero-order chi connectivity index (χ0) is 13.0. The predicted octanol–water partition coefficient (Wildman–Crippen LogP) is 3.45. The van der Waals surface area contributed by atoms with Gasteiger partial charge in [0, 0.05) is 12.1 Å². The van der Waals surface area contributed by atoms with Gasteiger partial charge in [0.25, 0.3) is 0 Å². The van der Waals surface area contributed by atoms with Crippen LogP contribution in [0, 0.1) is 11.7 Å². The van der Waals surface area contributed by atoms with E-state index in [9.17, 15) is 4.39 Å².